The highest BCUT2D eigenvalue weighted by molar-refractivity contribution is 5.82. The van der Waals surface area contributed by atoms with Crippen molar-refractivity contribution >= 4 is 18.0 Å². The second-order valence-corrected chi connectivity index (χ2v) is 6.41. The minimum absolute atomic E-state index is 0.112. The molecule has 21 heavy (non-hydrogen) atoms. The molecule has 1 heterocycles. The van der Waals surface area contributed by atoms with E-state index in [2.05, 4.69) is 15.3 Å². The molecular formula is C14H21N3O4. The number of carboxylic acid groups (broad SMARTS) is 1. The molecule has 0 radical (unpaired) electrons. The summed E-state index contributed by atoms with van der Waals surface area (Å²) in [6.07, 6.45) is 2.64. The zero-order valence-corrected chi connectivity index (χ0v) is 12.9. The van der Waals surface area contributed by atoms with Crippen molar-refractivity contribution < 1.29 is 19.4 Å². The second-order valence-electron chi connectivity index (χ2n) is 6.41. The van der Waals surface area contributed by atoms with E-state index in [1.54, 1.807) is 34.6 Å². The topological polar surface area (TPSA) is 101 Å². The molecule has 0 aliphatic rings. The molecule has 0 saturated heterocycles. The number of aromatic nitrogens is 2. The summed E-state index contributed by atoms with van der Waals surface area (Å²) in [4.78, 5) is 30.5. The van der Waals surface area contributed by atoms with Gasteiger partial charge in [0, 0.05) is 12.4 Å². The van der Waals surface area contributed by atoms with Gasteiger partial charge in [-0.3, -0.25) is 10.1 Å². The van der Waals surface area contributed by atoms with Crippen molar-refractivity contribution in [2.45, 2.75) is 46.6 Å². The number of hydrogen-bond acceptors (Lipinski definition) is 5. The van der Waals surface area contributed by atoms with E-state index in [-0.39, 0.29) is 5.95 Å². The van der Waals surface area contributed by atoms with Crippen molar-refractivity contribution in [3.63, 3.8) is 0 Å². The van der Waals surface area contributed by atoms with Gasteiger partial charge < -0.3 is 9.84 Å². The van der Waals surface area contributed by atoms with Crippen LogP contribution in [0.1, 0.15) is 40.2 Å². The van der Waals surface area contributed by atoms with Gasteiger partial charge in [0.2, 0.25) is 5.95 Å². The lowest BCUT2D eigenvalue weighted by molar-refractivity contribution is -0.146. The van der Waals surface area contributed by atoms with Crippen LogP contribution >= 0.6 is 0 Å². The van der Waals surface area contributed by atoms with Crippen molar-refractivity contribution in [1.82, 2.24) is 9.97 Å². The van der Waals surface area contributed by atoms with Gasteiger partial charge in [0.25, 0.3) is 0 Å². The van der Waals surface area contributed by atoms with Gasteiger partial charge in [0.05, 0.1) is 5.41 Å². The Morgan fingerprint density at radius 1 is 1.19 bits per heavy atom. The molecule has 0 aromatic carbocycles. The van der Waals surface area contributed by atoms with Crippen molar-refractivity contribution in [2.24, 2.45) is 5.41 Å². The predicted molar refractivity (Wildman–Crippen MR) is 77.0 cm³/mol. The Morgan fingerprint density at radius 2 is 1.71 bits per heavy atom. The van der Waals surface area contributed by atoms with Crippen LogP contribution in [0.3, 0.4) is 0 Å². The lowest BCUT2D eigenvalue weighted by Gasteiger charge is -2.19. The summed E-state index contributed by atoms with van der Waals surface area (Å²) in [5, 5.41) is 11.5. The van der Waals surface area contributed by atoms with Crippen molar-refractivity contribution in [3.05, 3.63) is 18.0 Å². The molecule has 116 valence electrons. The van der Waals surface area contributed by atoms with Crippen LogP contribution in [0.2, 0.25) is 0 Å². The van der Waals surface area contributed by atoms with Crippen LogP contribution in [-0.2, 0) is 16.0 Å². The largest absolute Gasteiger partial charge is 0.481 e. The van der Waals surface area contributed by atoms with Crippen LogP contribution in [0, 0.1) is 5.41 Å². The Kier molecular flexibility index (Phi) is 4.88. The normalized spacial score (nSPS) is 11.9. The molecule has 1 amide bonds. The highest BCUT2D eigenvalue weighted by Gasteiger charge is 2.27. The Labute approximate surface area is 123 Å². The highest BCUT2D eigenvalue weighted by atomic mass is 16.6. The standard InChI is InChI=1S/C14H21N3O4/c1-13(2,3)21-12(20)17-11-15-7-9(8-16-11)6-14(4,5)10(18)19/h7-8H,6H2,1-5H3,(H,18,19)(H,15,16,17,20). The monoisotopic (exact) mass is 295 g/mol. The van der Waals surface area contributed by atoms with Crippen LogP contribution < -0.4 is 5.32 Å². The van der Waals surface area contributed by atoms with Crippen molar-refractivity contribution in [1.29, 1.82) is 0 Å². The number of carbonyl (C=O) groups is 2. The minimum atomic E-state index is -0.899. The molecule has 0 aliphatic heterocycles. The van der Waals surface area contributed by atoms with Gasteiger partial charge in [-0.2, -0.15) is 0 Å². The maximum atomic E-state index is 11.5. The Hall–Kier alpha value is -2.18. The van der Waals surface area contributed by atoms with E-state index in [4.69, 9.17) is 9.84 Å². The average Bonchev–Trinajstić information content (AvgIpc) is 2.28. The summed E-state index contributed by atoms with van der Waals surface area (Å²) in [6, 6.07) is 0. The van der Waals surface area contributed by atoms with Gasteiger partial charge in [-0.05, 0) is 46.6 Å². The Balaban J connectivity index is 2.67. The zero-order valence-electron chi connectivity index (χ0n) is 12.9. The van der Waals surface area contributed by atoms with E-state index < -0.39 is 23.1 Å². The molecule has 2 N–H and O–H groups in total. The van der Waals surface area contributed by atoms with E-state index in [0.29, 0.717) is 12.0 Å². The van der Waals surface area contributed by atoms with Crippen LogP contribution in [0.5, 0.6) is 0 Å². The molecule has 7 nitrogen and oxygen atoms in total. The summed E-state index contributed by atoms with van der Waals surface area (Å²) in [5.74, 6) is -0.778. The third kappa shape index (κ3) is 5.76. The van der Waals surface area contributed by atoms with Gasteiger partial charge in [-0.1, -0.05) is 0 Å². The fourth-order valence-electron chi connectivity index (χ4n) is 1.49. The number of aliphatic carboxylic acids is 1. The first-order valence-electron chi connectivity index (χ1n) is 6.54. The smallest absolute Gasteiger partial charge is 0.414 e. The first-order valence-corrected chi connectivity index (χ1v) is 6.54. The third-order valence-corrected chi connectivity index (χ3v) is 2.54. The van der Waals surface area contributed by atoms with Gasteiger partial charge in [0.15, 0.2) is 0 Å². The first-order chi connectivity index (χ1) is 9.49. The lowest BCUT2D eigenvalue weighted by Crippen LogP contribution is -2.28. The molecule has 0 saturated carbocycles. The highest BCUT2D eigenvalue weighted by Crippen LogP contribution is 2.21. The number of nitrogens with one attached hydrogen (secondary N) is 1. The predicted octanol–water partition coefficient (Wildman–Crippen LogP) is 2.48. The second kappa shape index (κ2) is 6.07. The summed E-state index contributed by atoms with van der Waals surface area (Å²) < 4.78 is 5.08. The molecular weight excluding hydrogens is 274 g/mol. The maximum Gasteiger partial charge on any atom is 0.414 e. The van der Waals surface area contributed by atoms with Crippen LogP contribution in [0.4, 0.5) is 10.7 Å². The van der Waals surface area contributed by atoms with E-state index in [1.807, 2.05) is 0 Å². The number of carboxylic acids is 1. The molecule has 0 spiro atoms. The molecule has 0 fully saturated rings. The molecule has 1 aromatic heterocycles. The van der Waals surface area contributed by atoms with E-state index in [0.717, 1.165) is 0 Å². The molecule has 0 atom stereocenters. The van der Waals surface area contributed by atoms with Gasteiger partial charge >= 0.3 is 12.1 Å². The number of amides is 1. The summed E-state index contributed by atoms with van der Waals surface area (Å²) in [5.41, 5.74) is -0.823. The quantitative estimate of drug-likeness (QED) is 0.884. The van der Waals surface area contributed by atoms with Crippen molar-refractivity contribution in [2.75, 3.05) is 5.32 Å². The molecule has 1 aromatic rings. The number of rotatable bonds is 4. The first kappa shape index (κ1) is 16.9. The van der Waals surface area contributed by atoms with Crippen LogP contribution in [-0.4, -0.2) is 32.7 Å². The zero-order chi connectivity index (χ0) is 16.3. The molecule has 1 rings (SSSR count). The van der Waals surface area contributed by atoms with E-state index in [1.165, 1.54) is 12.4 Å². The van der Waals surface area contributed by atoms with Gasteiger partial charge in [-0.25, -0.2) is 14.8 Å². The minimum Gasteiger partial charge on any atom is -0.481 e. The van der Waals surface area contributed by atoms with Crippen molar-refractivity contribution in [3.8, 4) is 0 Å². The number of hydrogen-bond donors (Lipinski definition) is 2. The summed E-state index contributed by atoms with van der Waals surface area (Å²) in [7, 11) is 0. The van der Waals surface area contributed by atoms with Gasteiger partial charge in [-0.15, -0.1) is 0 Å². The Morgan fingerprint density at radius 3 is 2.14 bits per heavy atom. The summed E-state index contributed by atoms with van der Waals surface area (Å²) in [6.45, 7) is 8.52. The number of ether oxygens (including phenoxy) is 1. The average molecular weight is 295 g/mol. The van der Waals surface area contributed by atoms with Gasteiger partial charge in [0.1, 0.15) is 5.60 Å². The number of nitrogens with zero attached hydrogens (tertiary/aromatic N) is 2. The fourth-order valence-corrected chi connectivity index (χ4v) is 1.49. The number of carbonyl (C=O) groups excluding carboxylic acids is 1. The fraction of sp³-hybridized carbons (Fsp3) is 0.571. The number of anilines is 1. The third-order valence-electron chi connectivity index (χ3n) is 2.54. The maximum absolute atomic E-state index is 11.5. The van der Waals surface area contributed by atoms with Crippen LogP contribution in [0.15, 0.2) is 12.4 Å². The molecule has 0 unspecified atom stereocenters. The Bertz CT molecular complexity index is 518. The van der Waals surface area contributed by atoms with E-state index in [9.17, 15) is 9.59 Å². The lowest BCUT2D eigenvalue weighted by atomic mass is 9.87. The SMILES string of the molecule is CC(C)(C)OC(=O)Nc1ncc(CC(C)(C)C(=O)O)cn1. The van der Waals surface area contributed by atoms with E-state index >= 15 is 0 Å². The molecule has 0 aliphatic carbocycles. The molecule has 0 bridgehead atoms. The molecule has 7 heteroatoms. The van der Waals surface area contributed by atoms with Crippen LogP contribution in [0.25, 0.3) is 0 Å². The summed E-state index contributed by atoms with van der Waals surface area (Å²) >= 11 is 0.